The highest BCUT2D eigenvalue weighted by Crippen LogP contribution is 2.40. The predicted octanol–water partition coefficient (Wildman–Crippen LogP) is 7.23. The van der Waals surface area contributed by atoms with Crippen molar-refractivity contribution in [3.63, 3.8) is 0 Å². The molecule has 0 N–H and O–H groups in total. The minimum absolute atomic E-state index is 1.05. The Hall–Kier alpha value is -3.38. The second kappa shape index (κ2) is 5.56. The summed E-state index contributed by atoms with van der Waals surface area (Å²) in [5, 5.41) is 5.21. The Labute approximate surface area is 158 Å². The van der Waals surface area contributed by atoms with Crippen molar-refractivity contribution < 1.29 is 0 Å². The Kier molecular flexibility index (Phi) is 3.04. The summed E-state index contributed by atoms with van der Waals surface area (Å²) in [4.78, 5) is 0. The zero-order valence-electron chi connectivity index (χ0n) is 14.9. The summed E-state index contributed by atoms with van der Waals surface area (Å²) < 4.78 is 0. The molecule has 0 atom stereocenters. The van der Waals surface area contributed by atoms with Crippen molar-refractivity contribution in [1.82, 2.24) is 0 Å². The lowest BCUT2D eigenvalue weighted by atomic mass is 9.93. The van der Waals surface area contributed by atoms with Gasteiger partial charge < -0.3 is 0 Å². The van der Waals surface area contributed by atoms with Gasteiger partial charge in [0, 0.05) is 0 Å². The van der Waals surface area contributed by atoms with E-state index in [4.69, 9.17) is 0 Å². The van der Waals surface area contributed by atoms with Crippen molar-refractivity contribution >= 4 is 21.5 Å². The molecule has 0 heteroatoms. The molecule has 0 bridgehead atoms. The Morgan fingerprint density at radius 2 is 1.15 bits per heavy atom. The summed E-state index contributed by atoms with van der Waals surface area (Å²) in [5.74, 6) is 0. The second-order valence-electron chi connectivity index (χ2n) is 7.43. The lowest BCUT2D eigenvalue weighted by molar-refractivity contribution is 1.26. The maximum absolute atomic E-state index is 2.38. The van der Waals surface area contributed by atoms with Gasteiger partial charge in [0.2, 0.25) is 0 Å². The molecule has 0 spiro atoms. The normalized spacial score (nSPS) is 12.3. The molecule has 0 amide bonds. The number of fused-ring (bicyclic) bond motifs is 5. The first-order chi connectivity index (χ1) is 13.4. The third kappa shape index (κ3) is 2.23. The van der Waals surface area contributed by atoms with E-state index >= 15 is 0 Å². The van der Waals surface area contributed by atoms with Crippen LogP contribution in [0.2, 0.25) is 0 Å². The lowest BCUT2D eigenvalue weighted by Crippen LogP contribution is -1.85. The van der Waals surface area contributed by atoms with Crippen LogP contribution in [0.1, 0.15) is 11.1 Å². The topological polar surface area (TPSA) is 0 Å². The van der Waals surface area contributed by atoms with Gasteiger partial charge in [-0.2, -0.15) is 0 Å². The second-order valence-corrected chi connectivity index (χ2v) is 7.43. The highest BCUT2D eigenvalue weighted by atomic mass is 14.2. The zero-order chi connectivity index (χ0) is 17.8. The summed E-state index contributed by atoms with van der Waals surface area (Å²) in [5.41, 5.74) is 8.26. The Bertz CT molecular complexity index is 1340. The summed E-state index contributed by atoms with van der Waals surface area (Å²) in [6.07, 6.45) is 1.05. The van der Waals surface area contributed by atoms with Crippen LogP contribution in [0.3, 0.4) is 0 Å². The largest absolute Gasteiger partial charge is 0.0619 e. The van der Waals surface area contributed by atoms with Crippen LogP contribution >= 0.6 is 0 Å². The molecule has 0 saturated carbocycles. The molecule has 5 aromatic rings. The number of hydrogen-bond acceptors (Lipinski definition) is 0. The van der Waals surface area contributed by atoms with E-state index in [0.717, 1.165) is 6.42 Å². The maximum atomic E-state index is 2.38. The molecule has 1 aliphatic carbocycles. The number of hydrogen-bond donors (Lipinski definition) is 0. The summed E-state index contributed by atoms with van der Waals surface area (Å²) in [6, 6.07) is 35.6. The molecule has 126 valence electrons. The van der Waals surface area contributed by atoms with Crippen molar-refractivity contribution in [3.8, 4) is 22.3 Å². The molecule has 1 aliphatic rings. The van der Waals surface area contributed by atoms with Crippen LogP contribution in [-0.2, 0) is 6.42 Å². The molecule has 0 radical (unpaired) electrons. The predicted molar refractivity (Wildman–Crippen MR) is 115 cm³/mol. The lowest BCUT2D eigenvalue weighted by Gasteiger charge is -2.11. The Morgan fingerprint density at radius 1 is 0.444 bits per heavy atom. The van der Waals surface area contributed by atoms with E-state index in [1.54, 1.807) is 0 Å². The van der Waals surface area contributed by atoms with Gasteiger partial charge in [0.25, 0.3) is 0 Å². The molecule has 5 aromatic carbocycles. The fourth-order valence-electron chi connectivity index (χ4n) is 4.51. The van der Waals surface area contributed by atoms with Crippen LogP contribution in [0.4, 0.5) is 0 Å². The van der Waals surface area contributed by atoms with E-state index in [9.17, 15) is 0 Å². The molecule has 6 rings (SSSR count). The smallest absolute Gasteiger partial charge is 0.00134 e. The highest BCUT2D eigenvalue weighted by Gasteiger charge is 2.18. The molecule has 0 saturated heterocycles. The first-order valence-electron chi connectivity index (χ1n) is 9.50. The van der Waals surface area contributed by atoms with Crippen molar-refractivity contribution in [1.29, 1.82) is 0 Å². The van der Waals surface area contributed by atoms with Gasteiger partial charge in [0.15, 0.2) is 0 Å². The van der Waals surface area contributed by atoms with E-state index < -0.39 is 0 Å². The molecular weight excluding hydrogens is 324 g/mol. The average molecular weight is 342 g/mol. The first kappa shape index (κ1) is 14.8. The molecule has 0 aromatic heterocycles. The highest BCUT2D eigenvalue weighted by molar-refractivity contribution is 6.05. The van der Waals surface area contributed by atoms with Gasteiger partial charge in [0.1, 0.15) is 0 Å². The van der Waals surface area contributed by atoms with Gasteiger partial charge in [-0.25, -0.2) is 0 Å². The van der Waals surface area contributed by atoms with E-state index in [0.29, 0.717) is 0 Å². The SMILES string of the molecule is c1ccc2c(c1)Cc1ccc(-c3cccc4cc5ccccc5cc34)cc1-2. The Balaban J connectivity index is 1.60. The van der Waals surface area contributed by atoms with Gasteiger partial charge >= 0.3 is 0 Å². The molecule has 0 fully saturated rings. The Morgan fingerprint density at radius 3 is 2.07 bits per heavy atom. The zero-order valence-corrected chi connectivity index (χ0v) is 14.9. The van der Waals surface area contributed by atoms with Crippen LogP contribution in [0.25, 0.3) is 43.8 Å². The third-order valence-corrected chi connectivity index (χ3v) is 5.86. The third-order valence-electron chi connectivity index (χ3n) is 5.86. The summed E-state index contributed by atoms with van der Waals surface area (Å²) in [6.45, 7) is 0. The molecule has 27 heavy (non-hydrogen) atoms. The first-order valence-corrected chi connectivity index (χ1v) is 9.50. The van der Waals surface area contributed by atoms with Crippen molar-refractivity contribution in [3.05, 3.63) is 108 Å². The molecule has 0 nitrogen and oxygen atoms in total. The van der Waals surface area contributed by atoms with E-state index in [-0.39, 0.29) is 0 Å². The average Bonchev–Trinajstić information content (AvgIpc) is 3.09. The number of rotatable bonds is 1. The van der Waals surface area contributed by atoms with E-state index in [1.165, 1.54) is 54.9 Å². The standard InChI is InChI=1S/C27H18/c1-2-7-19-16-26-21(14-18(19)6-1)9-5-11-25(26)23-13-12-22-15-20-8-3-4-10-24(20)27(22)17-23/h1-14,16-17H,15H2. The number of benzene rings is 5. The van der Waals surface area contributed by atoms with Gasteiger partial charge in [-0.3, -0.25) is 0 Å². The van der Waals surface area contributed by atoms with Gasteiger partial charge in [0.05, 0.1) is 0 Å². The monoisotopic (exact) mass is 342 g/mol. The summed E-state index contributed by atoms with van der Waals surface area (Å²) in [7, 11) is 0. The van der Waals surface area contributed by atoms with Crippen LogP contribution in [0, 0.1) is 0 Å². The molecular formula is C27H18. The van der Waals surface area contributed by atoms with Gasteiger partial charge in [-0.05, 0) is 79.5 Å². The molecule has 0 unspecified atom stereocenters. The maximum Gasteiger partial charge on any atom is -0.00134 e. The van der Waals surface area contributed by atoms with E-state index in [1.807, 2.05) is 0 Å². The summed E-state index contributed by atoms with van der Waals surface area (Å²) >= 11 is 0. The minimum Gasteiger partial charge on any atom is -0.0619 e. The van der Waals surface area contributed by atoms with Crippen molar-refractivity contribution in [2.45, 2.75) is 6.42 Å². The van der Waals surface area contributed by atoms with Gasteiger partial charge in [-0.1, -0.05) is 78.9 Å². The molecule has 0 heterocycles. The quantitative estimate of drug-likeness (QED) is 0.276. The van der Waals surface area contributed by atoms with Crippen LogP contribution in [0.15, 0.2) is 97.1 Å². The van der Waals surface area contributed by atoms with Gasteiger partial charge in [-0.15, -0.1) is 0 Å². The molecule has 0 aliphatic heterocycles. The minimum atomic E-state index is 1.05. The van der Waals surface area contributed by atoms with Crippen molar-refractivity contribution in [2.75, 3.05) is 0 Å². The van der Waals surface area contributed by atoms with Crippen molar-refractivity contribution in [2.24, 2.45) is 0 Å². The fourth-order valence-corrected chi connectivity index (χ4v) is 4.51. The fraction of sp³-hybridized carbons (Fsp3) is 0.0370. The van der Waals surface area contributed by atoms with E-state index in [2.05, 4.69) is 97.1 Å². The van der Waals surface area contributed by atoms with Crippen LogP contribution in [0.5, 0.6) is 0 Å². The van der Waals surface area contributed by atoms with Crippen LogP contribution in [-0.4, -0.2) is 0 Å². The van der Waals surface area contributed by atoms with Crippen LogP contribution < -0.4 is 0 Å².